The number of hydrogen-bond donors (Lipinski definition) is 1. The Bertz CT molecular complexity index is 372. The van der Waals surface area contributed by atoms with E-state index >= 15 is 0 Å². The molecule has 0 radical (unpaired) electrons. The predicted octanol–water partition coefficient (Wildman–Crippen LogP) is 1.21. The van der Waals surface area contributed by atoms with Gasteiger partial charge in [-0.15, -0.1) is 11.3 Å². The fourth-order valence-corrected chi connectivity index (χ4v) is 2.69. The van der Waals surface area contributed by atoms with Crippen molar-refractivity contribution in [2.45, 2.75) is 26.2 Å². The van der Waals surface area contributed by atoms with Crippen LogP contribution in [0.1, 0.15) is 23.5 Å². The highest BCUT2D eigenvalue weighted by Crippen LogP contribution is 2.08. The molecule has 0 aromatic carbocycles. The molecule has 4 nitrogen and oxygen atoms in total. The van der Waals surface area contributed by atoms with Gasteiger partial charge in [-0.25, -0.2) is 4.98 Å². The highest BCUT2D eigenvalue weighted by molar-refractivity contribution is 7.09. The lowest BCUT2D eigenvalue weighted by atomic mass is 10.3. The summed E-state index contributed by atoms with van der Waals surface area (Å²) in [4.78, 5) is 18.3. The van der Waals surface area contributed by atoms with Crippen LogP contribution in [0.3, 0.4) is 0 Å². The maximum Gasteiger partial charge on any atom is 0.226 e. The van der Waals surface area contributed by atoms with Gasteiger partial charge in [0.05, 0.1) is 17.1 Å². The maximum atomic E-state index is 11.6. The molecule has 1 saturated heterocycles. The van der Waals surface area contributed by atoms with Crippen molar-refractivity contribution < 1.29 is 4.79 Å². The Kier molecular flexibility index (Phi) is 4.50. The first-order chi connectivity index (χ1) is 8.24. The van der Waals surface area contributed by atoms with Gasteiger partial charge in [0, 0.05) is 18.5 Å². The molecule has 2 rings (SSSR count). The average molecular weight is 253 g/mol. The molecule has 2 heterocycles. The van der Waals surface area contributed by atoms with E-state index in [0.717, 1.165) is 23.8 Å². The van der Waals surface area contributed by atoms with Crippen molar-refractivity contribution in [3.05, 3.63) is 16.1 Å². The average Bonchev–Trinajstić information content (AvgIpc) is 2.90. The minimum atomic E-state index is 0.0782. The number of likely N-dealkylation sites (tertiary alicyclic amines) is 1. The number of hydrogen-bond acceptors (Lipinski definition) is 4. The molecule has 0 aliphatic carbocycles. The number of aryl methyl sites for hydroxylation is 1. The number of carbonyl (C=O) groups excluding carboxylic acids is 1. The van der Waals surface area contributed by atoms with Crippen LogP contribution < -0.4 is 5.32 Å². The van der Waals surface area contributed by atoms with Crippen LogP contribution in [-0.2, 0) is 11.2 Å². The lowest BCUT2D eigenvalue weighted by Crippen LogP contribution is -2.34. The van der Waals surface area contributed by atoms with Crippen LogP contribution in [0.25, 0.3) is 0 Å². The third-order valence-corrected chi connectivity index (χ3v) is 3.78. The molecule has 17 heavy (non-hydrogen) atoms. The molecule has 0 atom stereocenters. The van der Waals surface area contributed by atoms with Crippen molar-refractivity contribution in [2.24, 2.45) is 0 Å². The Morgan fingerprint density at radius 3 is 2.94 bits per heavy atom. The summed E-state index contributed by atoms with van der Waals surface area (Å²) in [6.45, 7) is 6.05. The predicted molar refractivity (Wildman–Crippen MR) is 69.2 cm³/mol. The second kappa shape index (κ2) is 6.12. The van der Waals surface area contributed by atoms with Crippen molar-refractivity contribution in [1.29, 1.82) is 0 Å². The topological polar surface area (TPSA) is 45.2 Å². The van der Waals surface area contributed by atoms with Gasteiger partial charge in [-0.05, 0) is 32.9 Å². The summed E-state index contributed by atoms with van der Waals surface area (Å²) < 4.78 is 0. The Morgan fingerprint density at radius 2 is 2.29 bits per heavy atom. The minimum Gasteiger partial charge on any atom is -0.354 e. The highest BCUT2D eigenvalue weighted by Gasteiger charge is 2.11. The first-order valence-electron chi connectivity index (χ1n) is 6.14. The van der Waals surface area contributed by atoms with E-state index in [0.29, 0.717) is 6.42 Å². The number of carbonyl (C=O) groups is 1. The molecule has 1 N–H and O–H groups in total. The molecule has 0 saturated carbocycles. The van der Waals surface area contributed by atoms with Crippen molar-refractivity contribution in [3.8, 4) is 0 Å². The molecule has 1 aliphatic rings. The van der Waals surface area contributed by atoms with E-state index < -0.39 is 0 Å². The van der Waals surface area contributed by atoms with Crippen LogP contribution in [0.2, 0.25) is 0 Å². The Morgan fingerprint density at radius 1 is 1.53 bits per heavy atom. The first-order valence-corrected chi connectivity index (χ1v) is 7.02. The normalized spacial score (nSPS) is 16.3. The third kappa shape index (κ3) is 4.09. The van der Waals surface area contributed by atoms with Gasteiger partial charge in [-0.2, -0.15) is 0 Å². The number of thiazole rings is 1. The van der Waals surface area contributed by atoms with Gasteiger partial charge in [-0.1, -0.05) is 0 Å². The molecule has 0 spiro atoms. The molecule has 1 amide bonds. The Balaban J connectivity index is 1.63. The van der Waals surface area contributed by atoms with E-state index in [9.17, 15) is 4.79 Å². The van der Waals surface area contributed by atoms with Crippen molar-refractivity contribution in [3.63, 3.8) is 0 Å². The summed E-state index contributed by atoms with van der Waals surface area (Å²) in [5, 5.41) is 5.92. The van der Waals surface area contributed by atoms with Crippen molar-refractivity contribution in [2.75, 3.05) is 26.2 Å². The zero-order chi connectivity index (χ0) is 12.1. The number of rotatable bonds is 5. The largest absolute Gasteiger partial charge is 0.354 e. The van der Waals surface area contributed by atoms with Crippen LogP contribution in [0.15, 0.2) is 5.38 Å². The Labute approximate surface area is 106 Å². The smallest absolute Gasteiger partial charge is 0.226 e. The summed E-state index contributed by atoms with van der Waals surface area (Å²) in [5.74, 6) is 0.0782. The van der Waals surface area contributed by atoms with E-state index in [-0.39, 0.29) is 5.91 Å². The van der Waals surface area contributed by atoms with Gasteiger partial charge in [0.15, 0.2) is 0 Å². The van der Waals surface area contributed by atoms with Gasteiger partial charge in [0.25, 0.3) is 0 Å². The van der Waals surface area contributed by atoms with Crippen LogP contribution in [-0.4, -0.2) is 42.0 Å². The third-order valence-electron chi connectivity index (χ3n) is 2.96. The number of amides is 1. The highest BCUT2D eigenvalue weighted by atomic mass is 32.1. The molecule has 1 aromatic heterocycles. The quantitative estimate of drug-likeness (QED) is 0.858. The zero-order valence-corrected chi connectivity index (χ0v) is 11.1. The van der Waals surface area contributed by atoms with E-state index in [1.54, 1.807) is 11.3 Å². The van der Waals surface area contributed by atoms with Gasteiger partial charge in [-0.3, -0.25) is 4.79 Å². The second-order valence-electron chi connectivity index (χ2n) is 4.43. The molecule has 94 valence electrons. The molecule has 1 fully saturated rings. The summed E-state index contributed by atoms with van der Waals surface area (Å²) in [5.41, 5.74) is 0.881. The summed E-state index contributed by atoms with van der Waals surface area (Å²) >= 11 is 1.59. The van der Waals surface area contributed by atoms with Gasteiger partial charge < -0.3 is 10.2 Å². The van der Waals surface area contributed by atoms with Crippen molar-refractivity contribution >= 4 is 17.2 Å². The number of nitrogens with one attached hydrogen (secondary N) is 1. The molecule has 5 heteroatoms. The number of nitrogens with zero attached hydrogens (tertiary/aromatic N) is 2. The SMILES string of the molecule is Cc1nc(CC(=O)NCCN2CCCC2)cs1. The van der Waals surface area contributed by atoms with E-state index in [4.69, 9.17) is 0 Å². The van der Waals surface area contributed by atoms with Crippen LogP contribution >= 0.6 is 11.3 Å². The lowest BCUT2D eigenvalue weighted by molar-refractivity contribution is -0.120. The molecule has 1 aliphatic heterocycles. The molecule has 0 bridgehead atoms. The van der Waals surface area contributed by atoms with E-state index in [2.05, 4.69) is 15.2 Å². The fraction of sp³-hybridized carbons (Fsp3) is 0.667. The zero-order valence-electron chi connectivity index (χ0n) is 10.2. The van der Waals surface area contributed by atoms with Crippen LogP contribution in [0, 0.1) is 6.92 Å². The molecule has 1 aromatic rings. The van der Waals surface area contributed by atoms with Crippen LogP contribution in [0.5, 0.6) is 0 Å². The first kappa shape index (κ1) is 12.5. The number of aromatic nitrogens is 1. The summed E-state index contributed by atoms with van der Waals surface area (Å²) in [6.07, 6.45) is 3.00. The van der Waals surface area contributed by atoms with E-state index in [1.807, 2.05) is 12.3 Å². The molecular weight excluding hydrogens is 234 g/mol. The van der Waals surface area contributed by atoms with Crippen LogP contribution in [0.4, 0.5) is 0 Å². The van der Waals surface area contributed by atoms with Crippen molar-refractivity contribution in [1.82, 2.24) is 15.2 Å². The fourth-order valence-electron chi connectivity index (χ4n) is 2.08. The molecular formula is C12H19N3OS. The molecule has 0 unspecified atom stereocenters. The Hall–Kier alpha value is -0.940. The van der Waals surface area contributed by atoms with Gasteiger partial charge in [0.1, 0.15) is 0 Å². The standard InChI is InChI=1S/C12H19N3OS/c1-10-14-11(9-17-10)8-12(16)13-4-7-15-5-2-3-6-15/h9H,2-8H2,1H3,(H,13,16). The monoisotopic (exact) mass is 253 g/mol. The van der Waals surface area contributed by atoms with Gasteiger partial charge in [0.2, 0.25) is 5.91 Å². The maximum absolute atomic E-state index is 11.6. The lowest BCUT2D eigenvalue weighted by Gasteiger charge is -2.14. The second-order valence-corrected chi connectivity index (χ2v) is 5.50. The minimum absolute atomic E-state index is 0.0782. The van der Waals surface area contributed by atoms with E-state index in [1.165, 1.54) is 25.9 Å². The summed E-state index contributed by atoms with van der Waals surface area (Å²) in [7, 11) is 0. The summed E-state index contributed by atoms with van der Waals surface area (Å²) in [6, 6.07) is 0. The van der Waals surface area contributed by atoms with Gasteiger partial charge >= 0.3 is 0 Å².